The first-order valence-electron chi connectivity index (χ1n) is 8.70. The number of hydrogen-bond acceptors (Lipinski definition) is 4. The van der Waals surface area contributed by atoms with Gasteiger partial charge in [0.1, 0.15) is 12.3 Å². The number of ether oxygens (including phenoxy) is 1. The van der Waals surface area contributed by atoms with Crippen molar-refractivity contribution in [2.45, 2.75) is 11.1 Å². The standard InChI is InChI=1S/C20H17F3N2O4S/c21-20(22,23)13-24-30(27,28)18-9-6-16(7-10-18)25-19(26)12-29-17-8-5-14-3-1-2-4-15(14)11-17/h1-11,24H,12-13H2,(H,25,26). The summed E-state index contributed by atoms with van der Waals surface area (Å²) < 4.78 is 67.2. The number of nitrogens with one attached hydrogen (secondary N) is 2. The number of rotatable bonds is 7. The van der Waals surface area contributed by atoms with Gasteiger partial charge in [-0.25, -0.2) is 13.1 Å². The normalized spacial score (nSPS) is 12.0. The van der Waals surface area contributed by atoms with Crippen molar-refractivity contribution >= 4 is 32.4 Å². The molecule has 0 atom stereocenters. The fourth-order valence-corrected chi connectivity index (χ4v) is 3.60. The molecule has 0 aliphatic rings. The minimum atomic E-state index is -4.66. The highest BCUT2D eigenvalue weighted by molar-refractivity contribution is 7.89. The average molecular weight is 438 g/mol. The van der Waals surface area contributed by atoms with E-state index in [0.29, 0.717) is 5.75 Å². The van der Waals surface area contributed by atoms with Crippen LogP contribution in [-0.2, 0) is 14.8 Å². The molecule has 1 amide bonds. The Bertz CT molecular complexity index is 1150. The largest absolute Gasteiger partial charge is 0.484 e. The van der Waals surface area contributed by atoms with E-state index >= 15 is 0 Å². The molecule has 3 aromatic rings. The van der Waals surface area contributed by atoms with Crippen LogP contribution < -0.4 is 14.8 Å². The Morgan fingerprint density at radius 1 is 0.933 bits per heavy atom. The highest BCUT2D eigenvalue weighted by Crippen LogP contribution is 2.21. The molecule has 10 heteroatoms. The molecule has 0 bridgehead atoms. The van der Waals surface area contributed by atoms with Gasteiger partial charge in [0, 0.05) is 5.69 Å². The highest BCUT2D eigenvalue weighted by Gasteiger charge is 2.30. The molecule has 6 nitrogen and oxygen atoms in total. The average Bonchev–Trinajstić information content (AvgIpc) is 2.71. The summed E-state index contributed by atoms with van der Waals surface area (Å²) in [7, 11) is -4.31. The zero-order valence-corrected chi connectivity index (χ0v) is 16.3. The predicted molar refractivity (Wildman–Crippen MR) is 106 cm³/mol. The summed E-state index contributed by atoms with van der Waals surface area (Å²) in [6.45, 7) is -1.94. The maximum absolute atomic E-state index is 12.2. The molecule has 0 spiro atoms. The Labute approximate surface area is 170 Å². The minimum absolute atomic E-state index is 0.272. The van der Waals surface area contributed by atoms with Crippen molar-refractivity contribution in [3.63, 3.8) is 0 Å². The fraction of sp³-hybridized carbons (Fsp3) is 0.150. The number of benzene rings is 3. The summed E-state index contributed by atoms with van der Waals surface area (Å²) in [5.41, 5.74) is 0.275. The summed E-state index contributed by atoms with van der Waals surface area (Å²) in [5.74, 6) is 0.0370. The van der Waals surface area contributed by atoms with Gasteiger partial charge in [-0.2, -0.15) is 13.2 Å². The van der Waals surface area contributed by atoms with Crippen LogP contribution in [0.3, 0.4) is 0 Å². The Morgan fingerprint density at radius 2 is 1.60 bits per heavy atom. The van der Waals surface area contributed by atoms with Gasteiger partial charge < -0.3 is 10.1 Å². The van der Waals surface area contributed by atoms with E-state index in [0.717, 1.165) is 22.9 Å². The van der Waals surface area contributed by atoms with Crippen LogP contribution in [0.15, 0.2) is 71.6 Å². The number of alkyl halides is 3. The fourth-order valence-electron chi connectivity index (χ4n) is 2.58. The second-order valence-corrected chi connectivity index (χ2v) is 8.08. The van der Waals surface area contributed by atoms with Crippen LogP contribution in [0.4, 0.5) is 18.9 Å². The van der Waals surface area contributed by atoms with Crippen molar-refractivity contribution in [3.8, 4) is 5.75 Å². The number of amides is 1. The minimum Gasteiger partial charge on any atom is -0.484 e. The van der Waals surface area contributed by atoms with E-state index in [9.17, 15) is 26.4 Å². The van der Waals surface area contributed by atoms with E-state index in [1.54, 1.807) is 12.1 Å². The molecular formula is C20H17F3N2O4S. The Morgan fingerprint density at radius 3 is 2.27 bits per heavy atom. The number of fused-ring (bicyclic) bond motifs is 1. The summed E-state index contributed by atoms with van der Waals surface area (Å²) in [6.07, 6.45) is -4.66. The summed E-state index contributed by atoms with van der Waals surface area (Å²) in [4.78, 5) is 11.7. The van der Waals surface area contributed by atoms with Crippen molar-refractivity contribution < 1.29 is 31.1 Å². The summed E-state index contributed by atoms with van der Waals surface area (Å²) in [5, 5.41) is 4.53. The second kappa shape index (κ2) is 8.72. The molecule has 158 valence electrons. The van der Waals surface area contributed by atoms with Gasteiger partial charge in [0.2, 0.25) is 10.0 Å². The van der Waals surface area contributed by atoms with E-state index in [2.05, 4.69) is 5.32 Å². The lowest BCUT2D eigenvalue weighted by molar-refractivity contribution is -0.121. The first-order chi connectivity index (χ1) is 14.1. The molecule has 0 fully saturated rings. The van der Waals surface area contributed by atoms with Gasteiger partial charge in [-0.3, -0.25) is 4.79 Å². The molecule has 0 aliphatic carbocycles. The molecule has 0 saturated heterocycles. The summed E-state index contributed by atoms with van der Waals surface area (Å²) >= 11 is 0. The second-order valence-electron chi connectivity index (χ2n) is 6.31. The van der Waals surface area contributed by atoms with Crippen LogP contribution in [0.25, 0.3) is 10.8 Å². The monoisotopic (exact) mass is 438 g/mol. The van der Waals surface area contributed by atoms with E-state index in [1.807, 2.05) is 30.3 Å². The van der Waals surface area contributed by atoms with E-state index in [4.69, 9.17) is 4.74 Å². The van der Waals surface area contributed by atoms with Gasteiger partial charge >= 0.3 is 6.18 Å². The molecule has 0 radical (unpaired) electrons. The van der Waals surface area contributed by atoms with Crippen LogP contribution in [0.1, 0.15) is 0 Å². The third-order valence-electron chi connectivity index (χ3n) is 4.00. The third-order valence-corrected chi connectivity index (χ3v) is 5.42. The zero-order chi connectivity index (χ0) is 21.8. The maximum Gasteiger partial charge on any atom is 0.402 e. The van der Waals surface area contributed by atoms with Gasteiger partial charge in [0.15, 0.2) is 6.61 Å². The Balaban J connectivity index is 1.56. The van der Waals surface area contributed by atoms with E-state index < -0.39 is 28.7 Å². The molecule has 0 unspecified atom stereocenters. The van der Waals surface area contributed by atoms with E-state index in [-0.39, 0.29) is 17.2 Å². The topological polar surface area (TPSA) is 84.5 Å². The number of carbonyl (C=O) groups is 1. The van der Waals surface area contributed by atoms with Crippen molar-refractivity contribution in [2.24, 2.45) is 0 Å². The smallest absolute Gasteiger partial charge is 0.402 e. The number of carbonyl (C=O) groups excluding carboxylic acids is 1. The van der Waals surface area contributed by atoms with Crippen molar-refractivity contribution in [1.29, 1.82) is 0 Å². The molecule has 30 heavy (non-hydrogen) atoms. The molecule has 0 aliphatic heterocycles. The molecule has 3 aromatic carbocycles. The number of halogens is 3. The van der Waals surface area contributed by atoms with Crippen LogP contribution in [0, 0.1) is 0 Å². The number of anilines is 1. The molecule has 2 N–H and O–H groups in total. The quantitative estimate of drug-likeness (QED) is 0.589. The Hall–Kier alpha value is -3.11. The first-order valence-corrected chi connectivity index (χ1v) is 10.2. The molecule has 3 rings (SSSR count). The van der Waals surface area contributed by atoms with Crippen molar-refractivity contribution in [3.05, 3.63) is 66.7 Å². The molecule has 0 aromatic heterocycles. The lowest BCUT2D eigenvalue weighted by Crippen LogP contribution is -2.33. The number of sulfonamides is 1. The van der Waals surface area contributed by atoms with Gasteiger partial charge in [0.25, 0.3) is 5.91 Å². The molecule has 0 heterocycles. The van der Waals surface area contributed by atoms with Crippen LogP contribution in [0.2, 0.25) is 0 Å². The van der Waals surface area contributed by atoms with Gasteiger partial charge in [0.05, 0.1) is 4.90 Å². The summed E-state index contributed by atoms with van der Waals surface area (Å²) in [6, 6.07) is 17.8. The molecule has 0 saturated carbocycles. The van der Waals surface area contributed by atoms with Gasteiger partial charge in [-0.1, -0.05) is 30.3 Å². The van der Waals surface area contributed by atoms with E-state index in [1.165, 1.54) is 16.9 Å². The van der Waals surface area contributed by atoms with Gasteiger partial charge in [-0.05, 0) is 47.2 Å². The van der Waals surface area contributed by atoms with Crippen molar-refractivity contribution in [2.75, 3.05) is 18.5 Å². The van der Waals surface area contributed by atoms with Crippen molar-refractivity contribution in [1.82, 2.24) is 4.72 Å². The van der Waals surface area contributed by atoms with Crippen LogP contribution in [0.5, 0.6) is 5.75 Å². The zero-order valence-electron chi connectivity index (χ0n) is 15.4. The highest BCUT2D eigenvalue weighted by atomic mass is 32.2. The lowest BCUT2D eigenvalue weighted by Gasteiger charge is -2.11. The molecular weight excluding hydrogens is 421 g/mol. The number of hydrogen-bond donors (Lipinski definition) is 2. The van der Waals surface area contributed by atoms with Crippen LogP contribution in [-0.4, -0.2) is 33.7 Å². The predicted octanol–water partition coefficient (Wildman–Crippen LogP) is 3.70. The lowest BCUT2D eigenvalue weighted by atomic mass is 10.1. The van der Waals surface area contributed by atoms with Crippen LogP contribution >= 0.6 is 0 Å². The van der Waals surface area contributed by atoms with Gasteiger partial charge in [-0.15, -0.1) is 0 Å². The SMILES string of the molecule is O=C(COc1ccc2ccccc2c1)Nc1ccc(S(=O)(=O)NCC(F)(F)F)cc1. The maximum atomic E-state index is 12.2. The third kappa shape index (κ3) is 5.94. The first kappa shape index (κ1) is 21.6. The Kier molecular flexibility index (Phi) is 6.28.